The van der Waals surface area contributed by atoms with Crippen LogP contribution in [0.5, 0.6) is 0 Å². The number of carbonyl (C=O) groups excluding carboxylic acids is 1. The molecule has 0 saturated carbocycles. The second-order valence-electron chi connectivity index (χ2n) is 5.98. The van der Waals surface area contributed by atoms with E-state index in [-0.39, 0.29) is 5.91 Å². The van der Waals surface area contributed by atoms with E-state index in [2.05, 4.69) is 22.4 Å². The molecule has 2 heterocycles. The minimum absolute atomic E-state index is 0.140. The SMILES string of the molecule is O=C(NCc1ccc(Cn2ccnc2)cc1)c1sc2ccccc2c1Cl. The summed E-state index contributed by atoms with van der Waals surface area (Å²) in [5.41, 5.74) is 2.23. The number of hydrogen-bond donors (Lipinski definition) is 1. The Morgan fingerprint density at radius 1 is 1.12 bits per heavy atom. The zero-order valence-corrected chi connectivity index (χ0v) is 15.4. The highest BCUT2D eigenvalue weighted by atomic mass is 35.5. The van der Waals surface area contributed by atoms with Crippen molar-refractivity contribution in [2.45, 2.75) is 13.1 Å². The number of fused-ring (bicyclic) bond motifs is 1. The number of hydrogen-bond acceptors (Lipinski definition) is 3. The number of nitrogens with one attached hydrogen (secondary N) is 1. The number of thiophene rings is 1. The lowest BCUT2D eigenvalue weighted by atomic mass is 10.1. The Bertz CT molecular complexity index is 1040. The van der Waals surface area contributed by atoms with Crippen LogP contribution in [0.25, 0.3) is 10.1 Å². The molecule has 26 heavy (non-hydrogen) atoms. The third-order valence-corrected chi connectivity index (χ3v) is 5.82. The minimum atomic E-state index is -0.140. The van der Waals surface area contributed by atoms with Gasteiger partial charge in [0.15, 0.2) is 0 Å². The van der Waals surface area contributed by atoms with Gasteiger partial charge in [-0.2, -0.15) is 0 Å². The van der Waals surface area contributed by atoms with Gasteiger partial charge >= 0.3 is 0 Å². The molecule has 0 aliphatic carbocycles. The third-order valence-electron chi connectivity index (χ3n) is 4.14. The summed E-state index contributed by atoms with van der Waals surface area (Å²) in [4.78, 5) is 17.1. The monoisotopic (exact) mass is 381 g/mol. The molecule has 0 saturated heterocycles. The van der Waals surface area contributed by atoms with E-state index in [1.807, 2.05) is 47.2 Å². The Kier molecular flexibility index (Phi) is 4.73. The summed E-state index contributed by atoms with van der Waals surface area (Å²) in [5.74, 6) is -0.140. The van der Waals surface area contributed by atoms with Crippen LogP contribution in [0.3, 0.4) is 0 Å². The van der Waals surface area contributed by atoms with Crippen LogP contribution in [0.15, 0.2) is 67.3 Å². The lowest BCUT2D eigenvalue weighted by Gasteiger charge is -2.07. The maximum Gasteiger partial charge on any atom is 0.263 e. The smallest absolute Gasteiger partial charge is 0.263 e. The molecule has 2 aromatic carbocycles. The fraction of sp³-hybridized carbons (Fsp3) is 0.100. The van der Waals surface area contributed by atoms with Gasteiger partial charge in [-0.1, -0.05) is 54.1 Å². The molecule has 130 valence electrons. The average Bonchev–Trinajstić information content (AvgIpc) is 3.29. The number of nitrogens with zero attached hydrogens (tertiary/aromatic N) is 2. The molecule has 0 fully saturated rings. The number of rotatable bonds is 5. The molecule has 4 rings (SSSR count). The normalized spacial score (nSPS) is 11.0. The summed E-state index contributed by atoms with van der Waals surface area (Å²) < 4.78 is 3.03. The number of halogens is 1. The van der Waals surface area contributed by atoms with Gasteiger partial charge in [-0.3, -0.25) is 4.79 Å². The van der Waals surface area contributed by atoms with Gasteiger partial charge in [-0.25, -0.2) is 4.98 Å². The number of imidazole rings is 1. The van der Waals surface area contributed by atoms with E-state index >= 15 is 0 Å². The van der Waals surface area contributed by atoms with Crippen molar-refractivity contribution in [3.05, 3.63) is 88.3 Å². The van der Waals surface area contributed by atoms with Gasteiger partial charge in [0.05, 0.1) is 11.3 Å². The van der Waals surface area contributed by atoms with E-state index in [1.54, 1.807) is 12.5 Å². The number of carbonyl (C=O) groups is 1. The van der Waals surface area contributed by atoms with Crippen LogP contribution in [-0.2, 0) is 13.1 Å². The highest BCUT2D eigenvalue weighted by Gasteiger charge is 2.16. The lowest BCUT2D eigenvalue weighted by Crippen LogP contribution is -2.22. The molecule has 4 nitrogen and oxygen atoms in total. The largest absolute Gasteiger partial charge is 0.347 e. The third kappa shape index (κ3) is 3.49. The predicted octanol–water partition coefficient (Wildman–Crippen LogP) is 4.73. The molecule has 4 aromatic rings. The van der Waals surface area contributed by atoms with Crippen LogP contribution >= 0.6 is 22.9 Å². The summed E-state index contributed by atoms with van der Waals surface area (Å²) in [6.45, 7) is 1.25. The zero-order chi connectivity index (χ0) is 17.9. The van der Waals surface area contributed by atoms with Crippen molar-refractivity contribution in [2.75, 3.05) is 0 Å². The Morgan fingerprint density at radius 3 is 2.62 bits per heavy atom. The molecule has 0 atom stereocenters. The van der Waals surface area contributed by atoms with Crippen LogP contribution in [0.1, 0.15) is 20.8 Å². The van der Waals surface area contributed by atoms with E-state index in [0.29, 0.717) is 16.4 Å². The summed E-state index contributed by atoms with van der Waals surface area (Å²) in [5, 5.41) is 4.40. The molecule has 0 radical (unpaired) electrons. The van der Waals surface area contributed by atoms with Crippen molar-refractivity contribution in [3.8, 4) is 0 Å². The van der Waals surface area contributed by atoms with Gasteiger partial charge in [0, 0.05) is 35.6 Å². The molecule has 0 aliphatic heterocycles. The summed E-state index contributed by atoms with van der Waals surface area (Å²) in [7, 11) is 0. The average molecular weight is 382 g/mol. The predicted molar refractivity (Wildman–Crippen MR) is 106 cm³/mol. The van der Waals surface area contributed by atoms with Crippen molar-refractivity contribution in [2.24, 2.45) is 0 Å². The highest BCUT2D eigenvalue weighted by molar-refractivity contribution is 7.21. The molecule has 6 heteroatoms. The molecular formula is C20H16ClN3OS. The maximum absolute atomic E-state index is 12.5. The number of benzene rings is 2. The highest BCUT2D eigenvalue weighted by Crippen LogP contribution is 2.34. The number of aromatic nitrogens is 2. The Hall–Kier alpha value is -2.63. The number of amides is 1. The molecule has 0 spiro atoms. The van der Waals surface area contributed by atoms with Crippen molar-refractivity contribution in [1.29, 1.82) is 0 Å². The van der Waals surface area contributed by atoms with Crippen LogP contribution in [0.2, 0.25) is 5.02 Å². The summed E-state index contributed by atoms with van der Waals surface area (Å²) in [6, 6.07) is 16.0. The Balaban J connectivity index is 1.41. The van der Waals surface area contributed by atoms with E-state index in [4.69, 9.17) is 11.6 Å². The first-order valence-corrected chi connectivity index (χ1v) is 9.39. The van der Waals surface area contributed by atoms with Gasteiger partial charge in [-0.15, -0.1) is 11.3 Å². The zero-order valence-electron chi connectivity index (χ0n) is 13.9. The minimum Gasteiger partial charge on any atom is -0.347 e. The first-order chi connectivity index (χ1) is 12.7. The molecule has 0 unspecified atom stereocenters. The molecule has 2 aromatic heterocycles. The van der Waals surface area contributed by atoms with E-state index < -0.39 is 0 Å². The van der Waals surface area contributed by atoms with Crippen LogP contribution in [0.4, 0.5) is 0 Å². The van der Waals surface area contributed by atoms with Gasteiger partial charge in [0.1, 0.15) is 4.88 Å². The van der Waals surface area contributed by atoms with E-state index in [0.717, 1.165) is 22.2 Å². The standard InChI is InChI=1S/C20H16ClN3OS/c21-18-16-3-1-2-4-17(16)26-19(18)20(25)23-11-14-5-7-15(8-6-14)12-24-10-9-22-13-24/h1-10,13H,11-12H2,(H,23,25). The topological polar surface area (TPSA) is 46.9 Å². The van der Waals surface area contributed by atoms with Gasteiger partial charge in [0.2, 0.25) is 0 Å². The molecule has 1 amide bonds. The van der Waals surface area contributed by atoms with Crippen LogP contribution < -0.4 is 5.32 Å². The maximum atomic E-state index is 12.5. The van der Waals surface area contributed by atoms with Gasteiger partial charge in [-0.05, 0) is 17.2 Å². The van der Waals surface area contributed by atoms with E-state index in [1.165, 1.54) is 16.9 Å². The van der Waals surface area contributed by atoms with Crippen LogP contribution in [-0.4, -0.2) is 15.5 Å². The summed E-state index contributed by atoms with van der Waals surface area (Å²) in [6.07, 6.45) is 5.49. The van der Waals surface area contributed by atoms with Crippen molar-refractivity contribution >= 4 is 38.9 Å². The van der Waals surface area contributed by atoms with Gasteiger partial charge in [0.25, 0.3) is 5.91 Å². The molecule has 0 bridgehead atoms. The second-order valence-corrected chi connectivity index (χ2v) is 7.41. The second kappa shape index (κ2) is 7.32. The first kappa shape index (κ1) is 16.8. The van der Waals surface area contributed by atoms with Crippen molar-refractivity contribution < 1.29 is 4.79 Å². The fourth-order valence-electron chi connectivity index (χ4n) is 2.78. The van der Waals surface area contributed by atoms with Crippen molar-refractivity contribution in [3.63, 3.8) is 0 Å². The quantitative estimate of drug-likeness (QED) is 0.543. The lowest BCUT2D eigenvalue weighted by molar-refractivity contribution is 0.0955. The van der Waals surface area contributed by atoms with Crippen molar-refractivity contribution in [1.82, 2.24) is 14.9 Å². The molecular weight excluding hydrogens is 366 g/mol. The first-order valence-electron chi connectivity index (χ1n) is 8.19. The summed E-state index contributed by atoms with van der Waals surface area (Å²) >= 11 is 7.78. The van der Waals surface area contributed by atoms with Gasteiger partial charge < -0.3 is 9.88 Å². The molecule has 1 N–H and O–H groups in total. The Morgan fingerprint density at radius 2 is 1.88 bits per heavy atom. The Labute approximate surface area is 160 Å². The van der Waals surface area contributed by atoms with E-state index in [9.17, 15) is 4.79 Å². The van der Waals surface area contributed by atoms with Crippen LogP contribution in [0, 0.1) is 0 Å². The molecule has 0 aliphatic rings. The fourth-order valence-corrected chi connectivity index (χ4v) is 4.21.